The topological polar surface area (TPSA) is 127 Å². The first-order chi connectivity index (χ1) is 14.1. The number of carbonyl (C=O) groups excluding carboxylic acids is 2. The molecule has 0 saturated heterocycles. The number of carboxylic acid groups (broad SMARTS) is 2. The molecule has 0 aliphatic heterocycles. The van der Waals surface area contributed by atoms with Crippen LogP contribution in [0, 0.1) is 13.8 Å². The van der Waals surface area contributed by atoms with Gasteiger partial charge >= 0.3 is 23.9 Å². The summed E-state index contributed by atoms with van der Waals surface area (Å²) < 4.78 is 16.9. The van der Waals surface area contributed by atoms with E-state index in [1.807, 2.05) is 0 Å². The Kier molecular flexibility index (Phi) is 5.92. The molecule has 0 aliphatic carbocycles. The number of aryl methyl sites for hydroxylation is 2. The molecule has 29 heavy (non-hydrogen) atoms. The molecule has 0 saturated carbocycles. The van der Waals surface area contributed by atoms with E-state index in [0.29, 0.717) is 0 Å². The fraction of sp³-hybridized carbons (Fsp3) is 0.238. The van der Waals surface area contributed by atoms with Crippen molar-refractivity contribution < 1.29 is 38.9 Å². The third-order valence-corrected chi connectivity index (χ3v) is 4.24. The molecule has 0 amide bonds. The minimum atomic E-state index is -2.65. The number of benzene rings is 2. The summed E-state index contributed by atoms with van der Waals surface area (Å²) in [7, 11) is 0. The van der Waals surface area contributed by atoms with Gasteiger partial charge in [0, 0.05) is 0 Å². The summed E-state index contributed by atoms with van der Waals surface area (Å²) in [5, 5.41) is 13.5. The highest BCUT2D eigenvalue weighted by molar-refractivity contribution is 5.97. The van der Waals surface area contributed by atoms with Crippen LogP contribution in [0.1, 0.15) is 38.8 Å². The smallest absolute Gasteiger partial charge is 0.352 e. The van der Waals surface area contributed by atoms with Crippen LogP contribution in [0.3, 0.4) is 0 Å². The molecular formula is C21H20O8. The van der Waals surface area contributed by atoms with Gasteiger partial charge in [0.05, 0.1) is 11.1 Å². The maximum absolute atomic E-state index is 12.5. The molecule has 8 heteroatoms. The van der Waals surface area contributed by atoms with Crippen LogP contribution in [0.25, 0.3) is 1.43 Å². The standard InChI is InChI=1S/C21H20O8/c1-12-4-8-14(9-5-12)18(24)28-16(17(22)23)21(3,20(26)27)29-19(25)15-10-6-13(2)7-11-15/h4-11,16H,1-3H3,(H,22,23)(H,26,27)/t16-,21+/m1/s1/i/hD. The Balaban J connectivity index is 2.36. The van der Waals surface area contributed by atoms with Crippen LogP contribution in [-0.4, -0.2) is 45.8 Å². The van der Waals surface area contributed by atoms with Crippen molar-refractivity contribution in [2.45, 2.75) is 32.5 Å². The van der Waals surface area contributed by atoms with Gasteiger partial charge in [0.15, 0.2) is 0 Å². The van der Waals surface area contributed by atoms with Gasteiger partial charge in [-0.25, -0.2) is 19.2 Å². The first-order valence-electron chi connectivity index (χ1n) is 8.97. The quantitative estimate of drug-likeness (QED) is 0.678. The van der Waals surface area contributed by atoms with Crippen LogP contribution in [0.5, 0.6) is 0 Å². The molecule has 0 spiro atoms. The van der Waals surface area contributed by atoms with Crippen molar-refractivity contribution in [1.82, 2.24) is 0 Å². The van der Waals surface area contributed by atoms with E-state index in [2.05, 4.69) is 5.11 Å². The normalized spacial score (nSPS) is 14.0. The SMILES string of the molecule is [2H]OC(=O)[C@@H](OC(=O)c1ccc(C)cc1)[C@](C)(OC(=O)c1ccc(C)cc1)C(=O)O. The van der Waals surface area contributed by atoms with Crippen molar-refractivity contribution in [3.05, 3.63) is 70.8 Å². The number of hydrogen-bond donors (Lipinski definition) is 2. The van der Waals surface area contributed by atoms with Gasteiger partial charge in [-0.2, -0.15) is 0 Å². The maximum atomic E-state index is 12.5. The first kappa shape index (κ1) is 20.1. The average Bonchev–Trinajstić information content (AvgIpc) is 2.71. The van der Waals surface area contributed by atoms with Gasteiger partial charge in [-0.05, 0) is 45.0 Å². The second-order valence-electron chi connectivity index (χ2n) is 6.64. The van der Waals surface area contributed by atoms with Gasteiger partial charge < -0.3 is 19.7 Å². The molecular weight excluding hydrogens is 380 g/mol. The molecule has 0 bridgehead atoms. The molecule has 2 atom stereocenters. The summed E-state index contributed by atoms with van der Waals surface area (Å²) in [5.41, 5.74) is -0.885. The molecule has 0 unspecified atom stereocenters. The zero-order valence-corrected chi connectivity index (χ0v) is 16.0. The van der Waals surface area contributed by atoms with E-state index in [1.54, 1.807) is 38.1 Å². The van der Waals surface area contributed by atoms with E-state index in [4.69, 9.17) is 10.9 Å². The number of rotatable bonds is 7. The lowest BCUT2D eigenvalue weighted by Crippen LogP contribution is -2.55. The Morgan fingerprint density at radius 1 is 0.897 bits per heavy atom. The van der Waals surface area contributed by atoms with E-state index < -0.39 is 35.6 Å². The third-order valence-electron chi connectivity index (χ3n) is 4.24. The highest BCUT2D eigenvalue weighted by Gasteiger charge is 2.52. The monoisotopic (exact) mass is 401 g/mol. The number of carbonyl (C=O) groups is 4. The summed E-state index contributed by atoms with van der Waals surface area (Å²) >= 11 is 0. The number of ether oxygens (including phenoxy) is 2. The zero-order chi connectivity index (χ0) is 22.5. The highest BCUT2D eigenvalue weighted by atomic mass is 16.6. The molecule has 0 fully saturated rings. The molecule has 152 valence electrons. The van der Waals surface area contributed by atoms with Crippen LogP contribution >= 0.6 is 0 Å². The predicted octanol–water partition coefficient (Wildman–Crippen LogP) is 2.61. The van der Waals surface area contributed by atoms with Crippen LogP contribution in [0.4, 0.5) is 0 Å². The third kappa shape index (κ3) is 4.98. The average molecular weight is 401 g/mol. The summed E-state index contributed by atoms with van der Waals surface area (Å²) in [6.45, 7) is 4.47. The summed E-state index contributed by atoms with van der Waals surface area (Å²) in [4.78, 5) is 48.9. The van der Waals surface area contributed by atoms with E-state index in [1.165, 1.54) is 24.3 Å². The van der Waals surface area contributed by atoms with Crippen LogP contribution in [0.15, 0.2) is 48.5 Å². The van der Waals surface area contributed by atoms with Crippen molar-refractivity contribution in [1.29, 1.82) is 1.43 Å². The zero-order valence-electron chi connectivity index (χ0n) is 17.0. The van der Waals surface area contributed by atoms with Gasteiger partial charge in [-0.3, -0.25) is 0 Å². The maximum Gasteiger partial charge on any atom is 0.352 e. The second-order valence-corrected chi connectivity index (χ2v) is 6.64. The van der Waals surface area contributed by atoms with E-state index in [-0.39, 0.29) is 11.1 Å². The minimum absolute atomic E-state index is 0.0240. The van der Waals surface area contributed by atoms with Crippen molar-refractivity contribution in [3.63, 3.8) is 0 Å². The van der Waals surface area contributed by atoms with Gasteiger partial charge in [0.2, 0.25) is 6.10 Å². The number of hydrogen-bond acceptors (Lipinski definition) is 7. The lowest BCUT2D eigenvalue weighted by molar-refractivity contribution is -0.181. The Morgan fingerprint density at radius 3 is 1.76 bits per heavy atom. The van der Waals surface area contributed by atoms with Crippen molar-refractivity contribution in [2.24, 2.45) is 0 Å². The number of carboxylic acids is 2. The molecule has 0 radical (unpaired) electrons. The van der Waals surface area contributed by atoms with E-state index in [9.17, 15) is 24.3 Å². The Hall–Kier alpha value is -3.68. The van der Waals surface area contributed by atoms with Crippen LogP contribution in [-0.2, 0) is 19.1 Å². The van der Waals surface area contributed by atoms with Crippen LogP contribution in [0.2, 0.25) is 0 Å². The predicted molar refractivity (Wildman–Crippen MR) is 101 cm³/mol. The molecule has 2 aromatic rings. The number of aliphatic carboxylic acids is 2. The fourth-order valence-electron chi connectivity index (χ4n) is 2.40. The molecule has 0 aliphatic rings. The first-order valence-corrected chi connectivity index (χ1v) is 8.56. The van der Waals surface area contributed by atoms with Gasteiger partial charge in [0.25, 0.3) is 7.03 Å². The van der Waals surface area contributed by atoms with Gasteiger partial charge in [0.1, 0.15) is 0 Å². The Morgan fingerprint density at radius 2 is 1.34 bits per heavy atom. The summed E-state index contributed by atoms with van der Waals surface area (Å²) in [6, 6.07) is 12.1. The molecule has 0 heterocycles. The van der Waals surface area contributed by atoms with Crippen molar-refractivity contribution >= 4 is 23.9 Å². The lowest BCUT2D eigenvalue weighted by Gasteiger charge is -2.30. The largest absolute Gasteiger partial charge is 0.478 e. The van der Waals surface area contributed by atoms with Crippen molar-refractivity contribution in [2.75, 3.05) is 0 Å². The second kappa shape index (κ2) is 8.55. The Bertz CT molecular complexity index is 952. The summed E-state index contributed by atoms with van der Waals surface area (Å²) in [5.74, 6) is -5.40. The molecule has 0 aromatic heterocycles. The van der Waals surface area contributed by atoms with Gasteiger partial charge in [-0.1, -0.05) is 35.4 Å². The van der Waals surface area contributed by atoms with Crippen molar-refractivity contribution in [3.8, 4) is 0 Å². The highest BCUT2D eigenvalue weighted by Crippen LogP contribution is 2.24. The summed E-state index contributed by atoms with van der Waals surface area (Å²) in [6.07, 6.45) is -2.23. The molecule has 2 N–H and O–H groups in total. The lowest BCUT2D eigenvalue weighted by atomic mass is 9.98. The molecule has 8 nitrogen and oxygen atoms in total. The Labute approximate surface area is 168 Å². The minimum Gasteiger partial charge on any atom is -0.478 e. The van der Waals surface area contributed by atoms with E-state index in [0.717, 1.165) is 18.1 Å². The van der Waals surface area contributed by atoms with Gasteiger partial charge in [-0.15, -0.1) is 0 Å². The molecule has 2 aromatic carbocycles. The fourth-order valence-corrected chi connectivity index (χ4v) is 2.40. The van der Waals surface area contributed by atoms with E-state index >= 15 is 0 Å². The molecule has 2 rings (SSSR count). The van der Waals surface area contributed by atoms with Crippen LogP contribution < -0.4 is 0 Å². The number of esters is 2.